The number of hydrogen-bond donors (Lipinski definition) is 2. The first-order chi connectivity index (χ1) is 4.66. The van der Waals surface area contributed by atoms with Crippen LogP contribution in [0, 0.1) is 0 Å². The summed E-state index contributed by atoms with van der Waals surface area (Å²) in [5, 5.41) is 2.80. The van der Waals surface area contributed by atoms with E-state index in [1.165, 1.54) is 0 Å². The molecule has 1 amide bonds. The van der Waals surface area contributed by atoms with Gasteiger partial charge in [0.15, 0.2) is 0 Å². The average molecular weight is 161 g/mol. The molecule has 1 N–H and O–H groups in total. The van der Waals surface area contributed by atoms with Crippen LogP contribution in [0.5, 0.6) is 0 Å². The van der Waals surface area contributed by atoms with E-state index in [4.69, 9.17) is 0 Å². The molecular weight excluding hydrogens is 146 g/mol. The molecule has 0 atom stereocenters. The Morgan fingerprint density at radius 1 is 1.60 bits per heavy atom. The molecule has 3 heteroatoms. The molecule has 0 aliphatic carbocycles. The lowest BCUT2D eigenvalue weighted by Crippen LogP contribution is -2.29. The van der Waals surface area contributed by atoms with E-state index in [0.29, 0.717) is 6.42 Å². The highest BCUT2D eigenvalue weighted by Gasteiger charge is 2.00. The molecule has 10 heavy (non-hydrogen) atoms. The molecule has 0 unspecified atom stereocenters. The van der Waals surface area contributed by atoms with Gasteiger partial charge in [-0.3, -0.25) is 4.79 Å². The Kier molecular flexibility index (Phi) is 5.49. The van der Waals surface area contributed by atoms with Crippen LogP contribution < -0.4 is 5.32 Å². The fourth-order valence-electron chi connectivity index (χ4n) is 0.634. The summed E-state index contributed by atoms with van der Waals surface area (Å²) < 4.78 is 0. The Bertz CT molecular complexity index is 104. The minimum absolute atomic E-state index is 0.129. The first-order valence-electron chi connectivity index (χ1n) is 3.57. The van der Waals surface area contributed by atoms with E-state index >= 15 is 0 Å². The number of thiol groups is 1. The van der Waals surface area contributed by atoms with E-state index in [9.17, 15) is 4.79 Å². The quantitative estimate of drug-likeness (QED) is 0.596. The van der Waals surface area contributed by atoms with Crippen LogP contribution in [-0.2, 0) is 4.79 Å². The van der Waals surface area contributed by atoms with Crippen LogP contribution >= 0.6 is 12.6 Å². The lowest BCUT2D eigenvalue weighted by molar-refractivity contribution is -0.121. The van der Waals surface area contributed by atoms with E-state index in [1.54, 1.807) is 0 Å². The topological polar surface area (TPSA) is 29.1 Å². The monoisotopic (exact) mass is 161 g/mol. The number of hydrogen-bond acceptors (Lipinski definition) is 2. The SMILES string of the molecule is CC(C)NC(=O)CCCS. The van der Waals surface area contributed by atoms with Crippen molar-refractivity contribution in [2.24, 2.45) is 0 Å². The van der Waals surface area contributed by atoms with Crippen molar-refractivity contribution in [3.8, 4) is 0 Å². The number of rotatable bonds is 4. The average Bonchev–Trinajstić information content (AvgIpc) is 1.82. The third kappa shape index (κ3) is 5.95. The maximum absolute atomic E-state index is 10.9. The van der Waals surface area contributed by atoms with Crippen LogP contribution in [0.4, 0.5) is 0 Å². The number of carbonyl (C=O) groups excluding carboxylic acids is 1. The van der Waals surface area contributed by atoms with Gasteiger partial charge in [0.2, 0.25) is 5.91 Å². The van der Waals surface area contributed by atoms with E-state index in [1.807, 2.05) is 13.8 Å². The summed E-state index contributed by atoms with van der Waals surface area (Å²) in [7, 11) is 0. The van der Waals surface area contributed by atoms with Crippen LogP contribution in [0.15, 0.2) is 0 Å². The normalized spacial score (nSPS) is 10.0. The lowest BCUT2D eigenvalue weighted by Gasteiger charge is -2.06. The fourth-order valence-corrected chi connectivity index (χ4v) is 0.792. The molecule has 0 fully saturated rings. The van der Waals surface area contributed by atoms with Crippen molar-refractivity contribution in [1.29, 1.82) is 0 Å². The van der Waals surface area contributed by atoms with Crippen molar-refractivity contribution < 1.29 is 4.79 Å². The molecule has 0 saturated heterocycles. The van der Waals surface area contributed by atoms with Crippen LogP contribution in [0.25, 0.3) is 0 Å². The van der Waals surface area contributed by atoms with Crippen LogP contribution in [0.1, 0.15) is 26.7 Å². The summed E-state index contributed by atoms with van der Waals surface area (Å²) >= 11 is 4.01. The molecule has 0 radical (unpaired) electrons. The lowest BCUT2D eigenvalue weighted by atomic mass is 10.3. The van der Waals surface area contributed by atoms with Gasteiger partial charge in [0.1, 0.15) is 0 Å². The summed E-state index contributed by atoms with van der Waals surface area (Å²) in [6.07, 6.45) is 1.46. The Morgan fingerprint density at radius 2 is 2.20 bits per heavy atom. The molecule has 0 aromatic rings. The van der Waals surface area contributed by atoms with Gasteiger partial charge in [0, 0.05) is 12.5 Å². The van der Waals surface area contributed by atoms with Crippen LogP contribution in [-0.4, -0.2) is 17.7 Å². The van der Waals surface area contributed by atoms with Gasteiger partial charge >= 0.3 is 0 Å². The third-order valence-electron chi connectivity index (χ3n) is 1.01. The van der Waals surface area contributed by atoms with Crippen LogP contribution in [0.3, 0.4) is 0 Å². The van der Waals surface area contributed by atoms with Crippen molar-refractivity contribution in [2.75, 3.05) is 5.75 Å². The molecule has 0 aliphatic rings. The van der Waals surface area contributed by atoms with Gasteiger partial charge in [0.25, 0.3) is 0 Å². The Hall–Kier alpha value is -0.180. The summed E-state index contributed by atoms with van der Waals surface area (Å²) in [4.78, 5) is 10.9. The molecule has 0 aromatic carbocycles. The van der Waals surface area contributed by atoms with Gasteiger partial charge in [-0.1, -0.05) is 0 Å². The maximum Gasteiger partial charge on any atom is 0.220 e. The van der Waals surface area contributed by atoms with Crippen molar-refractivity contribution in [3.63, 3.8) is 0 Å². The first kappa shape index (κ1) is 9.82. The Balaban J connectivity index is 3.26. The van der Waals surface area contributed by atoms with E-state index < -0.39 is 0 Å². The van der Waals surface area contributed by atoms with Crippen molar-refractivity contribution >= 4 is 18.5 Å². The van der Waals surface area contributed by atoms with E-state index in [-0.39, 0.29) is 11.9 Å². The molecule has 0 aliphatic heterocycles. The molecular formula is C7H15NOS. The van der Waals surface area contributed by atoms with E-state index in [0.717, 1.165) is 12.2 Å². The second-order valence-electron chi connectivity index (χ2n) is 2.55. The van der Waals surface area contributed by atoms with E-state index in [2.05, 4.69) is 17.9 Å². The zero-order valence-corrected chi connectivity index (χ0v) is 7.45. The fraction of sp³-hybridized carbons (Fsp3) is 0.857. The molecule has 0 spiro atoms. The minimum atomic E-state index is 0.129. The third-order valence-corrected chi connectivity index (χ3v) is 1.33. The summed E-state index contributed by atoms with van der Waals surface area (Å²) in [5.41, 5.74) is 0. The molecule has 0 aromatic heterocycles. The maximum atomic E-state index is 10.9. The molecule has 60 valence electrons. The zero-order chi connectivity index (χ0) is 7.98. The highest BCUT2D eigenvalue weighted by molar-refractivity contribution is 7.80. The summed E-state index contributed by atoms with van der Waals surface area (Å²) in [6, 6.07) is 0.257. The zero-order valence-electron chi connectivity index (χ0n) is 6.55. The van der Waals surface area contributed by atoms with Crippen molar-refractivity contribution in [3.05, 3.63) is 0 Å². The predicted octanol–water partition coefficient (Wildman–Crippen LogP) is 1.22. The van der Waals surface area contributed by atoms with Crippen molar-refractivity contribution in [2.45, 2.75) is 32.7 Å². The predicted molar refractivity (Wildman–Crippen MR) is 46.4 cm³/mol. The molecule has 0 saturated carbocycles. The molecule has 0 rings (SSSR count). The van der Waals surface area contributed by atoms with Gasteiger partial charge in [-0.2, -0.15) is 12.6 Å². The van der Waals surface area contributed by atoms with Gasteiger partial charge in [-0.05, 0) is 26.0 Å². The van der Waals surface area contributed by atoms with Gasteiger partial charge in [0.05, 0.1) is 0 Å². The smallest absolute Gasteiger partial charge is 0.220 e. The Labute approximate surface area is 67.8 Å². The van der Waals surface area contributed by atoms with Gasteiger partial charge in [-0.15, -0.1) is 0 Å². The summed E-state index contributed by atoms with van der Waals surface area (Å²) in [6.45, 7) is 3.91. The highest BCUT2D eigenvalue weighted by Crippen LogP contribution is 1.91. The first-order valence-corrected chi connectivity index (χ1v) is 4.20. The molecule has 2 nitrogen and oxygen atoms in total. The second-order valence-corrected chi connectivity index (χ2v) is 3.00. The minimum Gasteiger partial charge on any atom is -0.354 e. The highest BCUT2D eigenvalue weighted by atomic mass is 32.1. The number of nitrogens with one attached hydrogen (secondary N) is 1. The van der Waals surface area contributed by atoms with Gasteiger partial charge in [-0.25, -0.2) is 0 Å². The van der Waals surface area contributed by atoms with Crippen LogP contribution in [0.2, 0.25) is 0 Å². The second kappa shape index (κ2) is 5.59. The molecule has 0 heterocycles. The molecule has 0 bridgehead atoms. The summed E-state index contributed by atoms with van der Waals surface area (Å²) in [5.74, 6) is 0.912. The largest absolute Gasteiger partial charge is 0.354 e. The standard InChI is InChI=1S/C7H15NOS/c1-6(2)8-7(9)4-3-5-10/h6,10H,3-5H2,1-2H3,(H,8,9). The van der Waals surface area contributed by atoms with Crippen molar-refractivity contribution in [1.82, 2.24) is 5.32 Å². The number of amides is 1. The van der Waals surface area contributed by atoms with Gasteiger partial charge < -0.3 is 5.32 Å². The Morgan fingerprint density at radius 3 is 2.60 bits per heavy atom. The number of carbonyl (C=O) groups is 1.